The third-order valence-electron chi connectivity index (χ3n) is 3.57. The van der Waals surface area contributed by atoms with Crippen molar-refractivity contribution in [1.29, 1.82) is 0 Å². The van der Waals surface area contributed by atoms with Gasteiger partial charge in [0.15, 0.2) is 0 Å². The van der Waals surface area contributed by atoms with Crippen LogP contribution >= 0.6 is 12.4 Å². The highest BCUT2D eigenvalue weighted by Gasteiger charge is 2.05. The average Bonchev–Trinajstić information content (AvgIpc) is 2.58. The molecule has 0 aliphatic carbocycles. The van der Waals surface area contributed by atoms with Crippen LogP contribution in [0.1, 0.15) is 11.1 Å². The summed E-state index contributed by atoms with van der Waals surface area (Å²) in [7, 11) is 5.05. The Bertz CT molecular complexity index is 605. The van der Waals surface area contributed by atoms with Crippen molar-refractivity contribution < 1.29 is 14.2 Å². The Morgan fingerprint density at radius 1 is 0.826 bits per heavy atom. The molecule has 0 spiro atoms. The predicted octanol–water partition coefficient (Wildman–Crippen LogP) is 3.47. The maximum absolute atomic E-state index is 5.39. The van der Waals surface area contributed by atoms with Crippen LogP contribution in [0.3, 0.4) is 0 Å². The Morgan fingerprint density at radius 2 is 1.52 bits per heavy atom. The number of hydrogen-bond donors (Lipinski definition) is 1. The fourth-order valence-electron chi connectivity index (χ4n) is 2.37. The highest BCUT2D eigenvalue weighted by molar-refractivity contribution is 5.85. The maximum Gasteiger partial charge on any atom is 0.123 e. The van der Waals surface area contributed by atoms with Crippen molar-refractivity contribution in [3.8, 4) is 17.2 Å². The number of para-hydroxylation sites is 1. The highest BCUT2D eigenvalue weighted by Crippen LogP contribution is 2.24. The Labute approximate surface area is 144 Å². The zero-order valence-electron chi connectivity index (χ0n) is 13.8. The van der Waals surface area contributed by atoms with Gasteiger partial charge in [0.1, 0.15) is 17.2 Å². The molecule has 0 heterocycles. The van der Waals surface area contributed by atoms with Gasteiger partial charge in [-0.05, 0) is 42.8 Å². The highest BCUT2D eigenvalue weighted by atomic mass is 35.5. The maximum atomic E-state index is 5.39. The van der Waals surface area contributed by atoms with E-state index in [2.05, 4.69) is 11.4 Å². The van der Waals surface area contributed by atoms with Gasteiger partial charge in [-0.2, -0.15) is 0 Å². The van der Waals surface area contributed by atoms with E-state index >= 15 is 0 Å². The van der Waals surface area contributed by atoms with E-state index in [-0.39, 0.29) is 12.4 Å². The lowest BCUT2D eigenvalue weighted by molar-refractivity contribution is 0.398. The minimum atomic E-state index is 0. The van der Waals surface area contributed by atoms with Gasteiger partial charge >= 0.3 is 0 Å². The lowest BCUT2D eigenvalue weighted by Gasteiger charge is -2.12. The lowest BCUT2D eigenvalue weighted by Crippen LogP contribution is -2.17. The summed E-state index contributed by atoms with van der Waals surface area (Å²) in [6.07, 6.45) is 0.871. The van der Waals surface area contributed by atoms with Crippen molar-refractivity contribution in [3.05, 3.63) is 53.6 Å². The van der Waals surface area contributed by atoms with E-state index < -0.39 is 0 Å². The van der Waals surface area contributed by atoms with Crippen LogP contribution in [-0.4, -0.2) is 27.9 Å². The molecule has 2 aromatic rings. The van der Waals surface area contributed by atoms with Crippen molar-refractivity contribution in [2.24, 2.45) is 0 Å². The number of ether oxygens (including phenoxy) is 3. The molecule has 4 nitrogen and oxygen atoms in total. The SMILES string of the molecule is COc1ccc(OC)c(CCNCc2ccccc2OC)c1.Cl. The lowest BCUT2D eigenvalue weighted by atomic mass is 10.1. The minimum absolute atomic E-state index is 0. The third kappa shape index (κ3) is 5.34. The van der Waals surface area contributed by atoms with Crippen LogP contribution in [0.25, 0.3) is 0 Å². The van der Waals surface area contributed by atoms with Gasteiger partial charge in [0.2, 0.25) is 0 Å². The molecule has 0 aliphatic heterocycles. The first kappa shape index (κ1) is 19.1. The third-order valence-corrected chi connectivity index (χ3v) is 3.57. The summed E-state index contributed by atoms with van der Waals surface area (Å²) in [4.78, 5) is 0. The van der Waals surface area contributed by atoms with Gasteiger partial charge in [-0.25, -0.2) is 0 Å². The number of rotatable bonds is 8. The largest absolute Gasteiger partial charge is 0.497 e. The van der Waals surface area contributed by atoms with Gasteiger partial charge in [-0.1, -0.05) is 18.2 Å². The second-order valence-electron chi connectivity index (χ2n) is 4.92. The van der Waals surface area contributed by atoms with Gasteiger partial charge in [-0.3, -0.25) is 0 Å². The molecule has 0 saturated heterocycles. The Morgan fingerprint density at radius 3 is 2.22 bits per heavy atom. The Balaban J connectivity index is 0.00000264. The van der Waals surface area contributed by atoms with E-state index in [9.17, 15) is 0 Å². The number of methoxy groups -OCH3 is 3. The predicted molar refractivity (Wildman–Crippen MR) is 95.2 cm³/mol. The van der Waals surface area contributed by atoms with Crippen molar-refractivity contribution in [2.75, 3.05) is 27.9 Å². The van der Waals surface area contributed by atoms with Gasteiger partial charge < -0.3 is 19.5 Å². The summed E-state index contributed by atoms with van der Waals surface area (Å²) in [5.74, 6) is 2.65. The molecule has 2 aromatic carbocycles. The molecule has 0 aliphatic rings. The molecule has 0 atom stereocenters. The van der Waals surface area contributed by atoms with Crippen LogP contribution in [0.4, 0.5) is 0 Å². The van der Waals surface area contributed by atoms with E-state index in [1.165, 1.54) is 0 Å². The molecular formula is C18H24ClNO3. The van der Waals surface area contributed by atoms with Crippen molar-refractivity contribution in [2.45, 2.75) is 13.0 Å². The van der Waals surface area contributed by atoms with E-state index in [1.54, 1.807) is 21.3 Å². The van der Waals surface area contributed by atoms with Gasteiger partial charge in [0, 0.05) is 12.1 Å². The quantitative estimate of drug-likeness (QED) is 0.749. The van der Waals surface area contributed by atoms with E-state index in [4.69, 9.17) is 14.2 Å². The second-order valence-corrected chi connectivity index (χ2v) is 4.92. The van der Waals surface area contributed by atoms with Gasteiger partial charge in [-0.15, -0.1) is 12.4 Å². The number of hydrogen-bond acceptors (Lipinski definition) is 4. The molecule has 2 rings (SSSR count). The van der Waals surface area contributed by atoms with Crippen LogP contribution in [0.15, 0.2) is 42.5 Å². The Hall–Kier alpha value is -1.91. The summed E-state index contributed by atoms with van der Waals surface area (Å²) in [6.45, 7) is 1.62. The average molecular weight is 338 g/mol. The molecule has 126 valence electrons. The molecule has 0 unspecified atom stereocenters. The van der Waals surface area contributed by atoms with Crippen LogP contribution in [0, 0.1) is 0 Å². The summed E-state index contributed by atoms with van der Waals surface area (Å²) in [5.41, 5.74) is 2.29. The minimum Gasteiger partial charge on any atom is -0.497 e. The molecule has 23 heavy (non-hydrogen) atoms. The second kappa shape index (κ2) is 9.98. The normalized spacial score (nSPS) is 9.87. The van der Waals surface area contributed by atoms with E-state index in [1.807, 2.05) is 36.4 Å². The molecule has 0 radical (unpaired) electrons. The molecule has 0 aromatic heterocycles. The molecule has 0 fully saturated rings. The zero-order chi connectivity index (χ0) is 15.8. The zero-order valence-corrected chi connectivity index (χ0v) is 14.6. The van der Waals surface area contributed by atoms with Crippen molar-refractivity contribution >= 4 is 12.4 Å². The van der Waals surface area contributed by atoms with E-state index in [0.717, 1.165) is 47.9 Å². The summed E-state index contributed by atoms with van der Waals surface area (Å²) < 4.78 is 16.0. The van der Waals surface area contributed by atoms with Crippen LogP contribution in [0.2, 0.25) is 0 Å². The topological polar surface area (TPSA) is 39.7 Å². The van der Waals surface area contributed by atoms with Crippen LogP contribution in [-0.2, 0) is 13.0 Å². The van der Waals surface area contributed by atoms with Crippen molar-refractivity contribution in [1.82, 2.24) is 5.32 Å². The first-order valence-corrected chi connectivity index (χ1v) is 7.32. The molecule has 5 heteroatoms. The standard InChI is InChI=1S/C18H23NO3.ClH/c1-20-16-8-9-18(22-3)14(12-16)10-11-19-13-15-6-4-5-7-17(15)21-2;/h4-9,12,19H,10-11,13H2,1-3H3;1H. The van der Waals surface area contributed by atoms with Crippen LogP contribution < -0.4 is 19.5 Å². The van der Waals surface area contributed by atoms with Crippen LogP contribution in [0.5, 0.6) is 17.2 Å². The Kier molecular flexibility index (Phi) is 8.30. The fraction of sp³-hybridized carbons (Fsp3) is 0.333. The van der Waals surface area contributed by atoms with Gasteiger partial charge in [0.25, 0.3) is 0 Å². The molecule has 0 bridgehead atoms. The molecule has 0 saturated carbocycles. The first-order chi connectivity index (χ1) is 10.8. The molecule has 0 amide bonds. The number of nitrogens with one attached hydrogen (secondary N) is 1. The van der Waals surface area contributed by atoms with Gasteiger partial charge in [0.05, 0.1) is 21.3 Å². The number of halogens is 1. The summed E-state index contributed by atoms with van der Waals surface area (Å²) in [6, 6.07) is 13.9. The molecule has 1 N–H and O–H groups in total. The fourth-order valence-corrected chi connectivity index (χ4v) is 2.37. The summed E-state index contributed by atoms with van der Waals surface area (Å²) >= 11 is 0. The summed E-state index contributed by atoms with van der Waals surface area (Å²) in [5, 5.41) is 3.44. The number of benzene rings is 2. The smallest absolute Gasteiger partial charge is 0.123 e. The molecular weight excluding hydrogens is 314 g/mol. The van der Waals surface area contributed by atoms with Crippen molar-refractivity contribution in [3.63, 3.8) is 0 Å². The van der Waals surface area contributed by atoms with E-state index in [0.29, 0.717) is 0 Å². The first-order valence-electron chi connectivity index (χ1n) is 7.32. The monoisotopic (exact) mass is 337 g/mol.